The molecule has 1 atom stereocenters. The van der Waals surface area contributed by atoms with Crippen molar-refractivity contribution >= 4 is 23.5 Å². The molecule has 0 spiro atoms. The zero-order valence-corrected chi connectivity index (χ0v) is 20.8. The lowest BCUT2D eigenvalue weighted by molar-refractivity contribution is -0.160. The molecule has 1 aliphatic heterocycles. The average Bonchev–Trinajstić information content (AvgIpc) is 3.54. The highest BCUT2D eigenvalue weighted by molar-refractivity contribution is 5.98. The lowest BCUT2D eigenvalue weighted by Gasteiger charge is -2.56. The first-order valence-corrected chi connectivity index (χ1v) is 13.4. The van der Waals surface area contributed by atoms with Gasteiger partial charge in [-0.25, -0.2) is 9.48 Å². The van der Waals surface area contributed by atoms with Gasteiger partial charge in [-0.1, -0.05) is 0 Å². The molecule has 1 unspecified atom stereocenters. The van der Waals surface area contributed by atoms with E-state index in [2.05, 4.69) is 10.4 Å². The highest BCUT2D eigenvalue weighted by atomic mass is 16.5. The Balaban J connectivity index is 1.12. The first-order chi connectivity index (χ1) is 17.4. The van der Waals surface area contributed by atoms with Gasteiger partial charge in [0.15, 0.2) is 5.69 Å². The SMILES string of the molecule is CCOC(=O)c1ccn(-c2ccc(NC(=O)C3CCCN3C(=O)C34CC5CC(CC(C5)C3)C4)cc2)n1. The van der Waals surface area contributed by atoms with Gasteiger partial charge in [-0.3, -0.25) is 9.59 Å². The van der Waals surface area contributed by atoms with Crippen LogP contribution in [0, 0.1) is 23.2 Å². The minimum absolute atomic E-state index is 0.109. The summed E-state index contributed by atoms with van der Waals surface area (Å²) in [6, 6.07) is 8.53. The van der Waals surface area contributed by atoms with E-state index in [1.54, 1.807) is 23.9 Å². The predicted molar refractivity (Wildman–Crippen MR) is 133 cm³/mol. The zero-order valence-electron chi connectivity index (χ0n) is 20.8. The number of ether oxygens (including phenoxy) is 1. The van der Waals surface area contributed by atoms with Gasteiger partial charge in [0, 0.05) is 18.4 Å². The maximum absolute atomic E-state index is 13.9. The fraction of sp³-hybridized carbons (Fsp3) is 0.571. The Labute approximate surface area is 211 Å². The fourth-order valence-electron chi connectivity index (χ4n) is 7.66. The zero-order chi connectivity index (χ0) is 24.9. The van der Waals surface area contributed by atoms with E-state index in [9.17, 15) is 14.4 Å². The molecule has 0 radical (unpaired) electrons. The molecule has 4 bridgehead atoms. The van der Waals surface area contributed by atoms with Gasteiger partial charge >= 0.3 is 5.97 Å². The summed E-state index contributed by atoms with van der Waals surface area (Å²) in [5.41, 5.74) is 1.48. The number of amides is 2. The number of hydrogen-bond acceptors (Lipinski definition) is 5. The molecule has 1 aromatic carbocycles. The maximum Gasteiger partial charge on any atom is 0.358 e. The van der Waals surface area contributed by atoms with Crippen molar-refractivity contribution in [2.24, 2.45) is 23.2 Å². The summed E-state index contributed by atoms with van der Waals surface area (Å²) >= 11 is 0. The van der Waals surface area contributed by atoms with Crippen LogP contribution in [0.3, 0.4) is 0 Å². The van der Waals surface area contributed by atoms with Gasteiger partial charge in [-0.05, 0) is 106 Å². The Bertz CT molecular complexity index is 1140. The van der Waals surface area contributed by atoms with Gasteiger partial charge in [0.1, 0.15) is 6.04 Å². The number of likely N-dealkylation sites (tertiary alicyclic amines) is 1. The molecule has 2 heterocycles. The smallest absolute Gasteiger partial charge is 0.358 e. The second kappa shape index (κ2) is 9.05. The molecule has 5 aliphatic rings. The van der Waals surface area contributed by atoms with Gasteiger partial charge < -0.3 is 15.0 Å². The van der Waals surface area contributed by atoms with Gasteiger partial charge in [-0.2, -0.15) is 5.10 Å². The van der Waals surface area contributed by atoms with E-state index in [4.69, 9.17) is 4.74 Å². The van der Waals surface area contributed by atoms with Crippen LogP contribution in [0.2, 0.25) is 0 Å². The Hall–Kier alpha value is -3.16. The van der Waals surface area contributed by atoms with Crippen molar-refractivity contribution in [3.8, 4) is 5.69 Å². The number of aromatic nitrogens is 2. The topological polar surface area (TPSA) is 93.5 Å². The van der Waals surface area contributed by atoms with Crippen molar-refractivity contribution in [1.82, 2.24) is 14.7 Å². The summed E-state index contributed by atoms with van der Waals surface area (Å²) in [4.78, 5) is 40.9. The molecule has 7 rings (SSSR count). The molecule has 36 heavy (non-hydrogen) atoms. The number of rotatable bonds is 6. The summed E-state index contributed by atoms with van der Waals surface area (Å²) in [6.45, 7) is 2.73. The predicted octanol–water partition coefficient (Wildman–Crippen LogP) is 4.19. The van der Waals surface area contributed by atoms with E-state index < -0.39 is 12.0 Å². The summed E-state index contributed by atoms with van der Waals surface area (Å²) in [5.74, 6) is 1.79. The van der Waals surface area contributed by atoms with E-state index in [-0.39, 0.29) is 22.9 Å². The van der Waals surface area contributed by atoms with Crippen LogP contribution in [0.1, 0.15) is 68.8 Å². The largest absolute Gasteiger partial charge is 0.461 e. The Kier molecular flexibility index (Phi) is 5.85. The molecular formula is C28H34N4O4. The lowest BCUT2D eigenvalue weighted by atomic mass is 9.49. The monoisotopic (exact) mass is 490 g/mol. The van der Waals surface area contributed by atoms with Gasteiger partial charge in [0.05, 0.1) is 17.7 Å². The number of carbonyl (C=O) groups is 3. The molecule has 1 aromatic heterocycles. The van der Waals surface area contributed by atoms with Crippen molar-refractivity contribution < 1.29 is 19.1 Å². The summed E-state index contributed by atoms with van der Waals surface area (Å²) in [7, 11) is 0. The number of nitrogens with one attached hydrogen (secondary N) is 1. The van der Waals surface area contributed by atoms with Crippen LogP contribution in [0.15, 0.2) is 36.5 Å². The molecule has 190 valence electrons. The first kappa shape index (κ1) is 23.3. The van der Waals surface area contributed by atoms with Crippen LogP contribution >= 0.6 is 0 Å². The van der Waals surface area contributed by atoms with Gasteiger partial charge in [-0.15, -0.1) is 0 Å². The quantitative estimate of drug-likeness (QED) is 0.613. The molecule has 4 saturated carbocycles. The van der Waals surface area contributed by atoms with Crippen LogP contribution < -0.4 is 5.32 Å². The van der Waals surface area contributed by atoms with Crippen LogP contribution in [0.4, 0.5) is 5.69 Å². The van der Waals surface area contributed by atoms with Crippen molar-refractivity contribution in [3.05, 3.63) is 42.2 Å². The third kappa shape index (κ3) is 4.10. The van der Waals surface area contributed by atoms with Crippen molar-refractivity contribution in [1.29, 1.82) is 0 Å². The second-order valence-electron chi connectivity index (χ2n) is 11.3. The molecule has 2 aromatic rings. The molecule has 1 N–H and O–H groups in total. The first-order valence-electron chi connectivity index (χ1n) is 13.4. The highest BCUT2D eigenvalue weighted by Gasteiger charge is 2.56. The third-order valence-corrected chi connectivity index (χ3v) is 8.78. The number of anilines is 1. The number of nitrogens with zero attached hydrogens (tertiary/aromatic N) is 3. The summed E-state index contributed by atoms with van der Waals surface area (Å²) in [6.07, 6.45) is 10.3. The van der Waals surface area contributed by atoms with Crippen LogP contribution in [0.25, 0.3) is 5.69 Å². The highest BCUT2D eigenvalue weighted by Crippen LogP contribution is 2.60. The minimum Gasteiger partial charge on any atom is -0.461 e. The summed E-state index contributed by atoms with van der Waals surface area (Å²) < 4.78 is 6.59. The summed E-state index contributed by atoms with van der Waals surface area (Å²) in [5, 5.41) is 7.29. The number of carbonyl (C=O) groups excluding carboxylic acids is 3. The number of benzene rings is 1. The molecule has 8 heteroatoms. The fourth-order valence-corrected chi connectivity index (χ4v) is 7.66. The Morgan fingerprint density at radius 1 is 1.03 bits per heavy atom. The maximum atomic E-state index is 13.9. The standard InChI is InChI=1S/C28H34N4O4/c1-2-36-26(34)23-9-11-32(30-23)22-7-5-21(6-8-22)29-25(33)24-4-3-10-31(24)27(35)28-15-18-12-19(16-28)14-20(13-18)17-28/h5-9,11,18-20,24H,2-4,10,12-17H2,1H3,(H,29,33). The number of esters is 1. The van der Waals surface area contributed by atoms with Crippen LogP contribution in [-0.4, -0.2) is 51.7 Å². The van der Waals surface area contributed by atoms with E-state index in [1.807, 2.05) is 29.2 Å². The molecule has 8 nitrogen and oxygen atoms in total. The third-order valence-electron chi connectivity index (χ3n) is 8.78. The molecule has 2 amide bonds. The molecule has 5 fully saturated rings. The second-order valence-corrected chi connectivity index (χ2v) is 11.3. The van der Waals surface area contributed by atoms with Crippen molar-refractivity contribution in [2.45, 2.75) is 64.3 Å². The molecular weight excluding hydrogens is 456 g/mol. The number of hydrogen-bond donors (Lipinski definition) is 1. The van der Waals surface area contributed by atoms with E-state index in [0.717, 1.165) is 31.4 Å². The molecule has 4 aliphatic carbocycles. The van der Waals surface area contributed by atoms with Crippen LogP contribution in [0.5, 0.6) is 0 Å². The van der Waals surface area contributed by atoms with Crippen molar-refractivity contribution in [2.75, 3.05) is 18.5 Å². The van der Waals surface area contributed by atoms with Gasteiger partial charge in [0.2, 0.25) is 11.8 Å². The van der Waals surface area contributed by atoms with E-state index in [1.165, 1.54) is 19.3 Å². The Morgan fingerprint density at radius 2 is 1.69 bits per heavy atom. The Morgan fingerprint density at radius 3 is 2.33 bits per heavy atom. The lowest BCUT2D eigenvalue weighted by Crippen LogP contribution is -2.56. The van der Waals surface area contributed by atoms with Gasteiger partial charge in [0.25, 0.3) is 0 Å². The van der Waals surface area contributed by atoms with Crippen molar-refractivity contribution in [3.63, 3.8) is 0 Å². The van der Waals surface area contributed by atoms with E-state index >= 15 is 0 Å². The molecule has 1 saturated heterocycles. The minimum atomic E-state index is -0.454. The van der Waals surface area contributed by atoms with Crippen LogP contribution in [-0.2, 0) is 14.3 Å². The average molecular weight is 491 g/mol. The normalized spacial score (nSPS) is 30.4. The van der Waals surface area contributed by atoms with E-state index in [0.29, 0.717) is 43.0 Å².